The van der Waals surface area contributed by atoms with Crippen LogP contribution in [0.1, 0.15) is 22.6 Å². The zero-order valence-electron chi connectivity index (χ0n) is 18.7. The van der Waals surface area contributed by atoms with E-state index in [0.29, 0.717) is 25.3 Å². The van der Waals surface area contributed by atoms with Crippen LogP contribution in [0, 0.1) is 12.3 Å². The largest absolute Gasteiger partial charge is 0.469 e. The van der Waals surface area contributed by atoms with Crippen molar-refractivity contribution in [1.29, 1.82) is 5.41 Å². The highest BCUT2D eigenvalue weighted by Crippen LogP contribution is 2.11. The fourth-order valence-electron chi connectivity index (χ4n) is 2.72. The van der Waals surface area contributed by atoms with E-state index in [-0.39, 0.29) is 30.4 Å². The van der Waals surface area contributed by atoms with Crippen molar-refractivity contribution in [2.75, 3.05) is 27.2 Å². The van der Waals surface area contributed by atoms with E-state index in [9.17, 15) is 0 Å². The molecule has 12 nitrogen and oxygen atoms in total. The van der Waals surface area contributed by atoms with Gasteiger partial charge in [0.25, 0.3) is 0 Å². The van der Waals surface area contributed by atoms with E-state index in [1.165, 1.54) is 0 Å². The van der Waals surface area contributed by atoms with E-state index < -0.39 is 0 Å². The number of hydrogen-bond acceptors (Lipinski definition) is 4. The molecule has 0 aliphatic carbocycles. The molecule has 0 atom stereocenters. The van der Waals surface area contributed by atoms with Crippen LogP contribution in [0.15, 0.2) is 48.5 Å². The van der Waals surface area contributed by atoms with Gasteiger partial charge in [-0.15, -0.1) is 0 Å². The molecule has 2 heterocycles. The van der Waals surface area contributed by atoms with Crippen molar-refractivity contribution in [3.8, 4) is 0 Å². The maximum Gasteiger partial charge on any atom is 0.220 e. The maximum atomic E-state index is 7.76. The van der Waals surface area contributed by atoms with Crippen LogP contribution in [0.5, 0.6) is 0 Å². The van der Waals surface area contributed by atoms with Crippen molar-refractivity contribution in [1.82, 2.24) is 9.80 Å². The number of nitrogens with one attached hydrogen (secondary N) is 1. The molecule has 9 N–H and O–H groups in total. The summed E-state index contributed by atoms with van der Waals surface area (Å²) in [4.78, 5) is 15.5. The standard InChI is InChI=1S/C20H32N10O2/c1-13-15(6-9-31-13)5-8-30(3)20(25)28-18(23)26-11-16-10-14(12-32-16)4-7-29(2)19(24)27-17(21)22/h6,9-10,12H,4-5,7-8,11H2,1-3H3,(H5,21,22,24,27)(H4,23,25,26,28). The summed E-state index contributed by atoms with van der Waals surface area (Å²) in [5, 5.41) is 7.76. The Bertz CT molecular complexity index is 984. The second-order valence-corrected chi connectivity index (χ2v) is 7.27. The van der Waals surface area contributed by atoms with Crippen molar-refractivity contribution in [3.63, 3.8) is 0 Å². The molecule has 0 saturated heterocycles. The van der Waals surface area contributed by atoms with Crippen LogP contribution in [0.2, 0.25) is 0 Å². The minimum atomic E-state index is -0.148. The fraction of sp³-hybridized carbons (Fsp3) is 0.400. The highest BCUT2D eigenvalue weighted by atomic mass is 16.3. The first kappa shape index (κ1) is 24.3. The van der Waals surface area contributed by atoms with Gasteiger partial charge in [-0.3, -0.25) is 5.41 Å². The van der Waals surface area contributed by atoms with Gasteiger partial charge in [-0.1, -0.05) is 0 Å². The lowest BCUT2D eigenvalue weighted by molar-refractivity contribution is 0.490. The monoisotopic (exact) mass is 444 g/mol. The topological polar surface area (TPSA) is 198 Å². The van der Waals surface area contributed by atoms with Crippen molar-refractivity contribution in [2.24, 2.45) is 37.9 Å². The van der Waals surface area contributed by atoms with Gasteiger partial charge in [-0.05, 0) is 43.0 Å². The lowest BCUT2D eigenvalue weighted by atomic mass is 10.2. The quantitative estimate of drug-likeness (QED) is 0.280. The molecule has 0 spiro atoms. The highest BCUT2D eigenvalue weighted by molar-refractivity contribution is 5.93. The second-order valence-electron chi connectivity index (χ2n) is 7.27. The van der Waals surface area contributed by atoms with Crippen LogP contribution in [0.3, 0.4) is 0 Å². The first-order chi connectivity index (χ1) is 15.2. The summed E-state index contributed by atoms with van der Waals surface area (Å²) in [7, 11) is 3.57. The molecule has 0 saturated carbocycles. The number of nitrogens with two attached hydrogens (primary N) is 4. The minimum Gasteiger partial charge on any atom is -0.469 e. The normalized spacial score (nSPS) is 12.0. The molecule has 32 heavy (non-hydrogen) atoms. The summed E-state index contributed by atoms with van der Waals surface area (Å²) in [6.07, 6.45) is 4.74. The lowest BCUT2D eigenvalue weighted by Crippen LogP contribution is -2.37. The molecule has 12 heteroatoms. The van der Waals surface area contributed by atoms with Gasteiger partial charge in [-0.25, -0.2) is 4.99 Å². The lowest BCUT2D eigenvalue weighted by Gasteiger charge is -2.17. The molecule has 0 bridgehead atoms. The van der Waals surface area contributed by atoms with Gasteiger partial charge in [-0.2, -0.15) is 9.98 Å². The Morgan fingerprint density at radius 1 is 1.03 bits per heavy atom. The van der Waals surface area contributed by atoms with Crippen LogP contribution in [0.4, 0.5) is 0 Å². The number of hydrogen-bond donors (Lipinski definition) is 5. The number of aliphatic imine (C=N–C) groups is 3. The first-order valence-electron chi connectivity index (χ1n) is 9.99. The maximum absolute atomic E-state index is 7.76. The molecule has 0 unspecified atom stereocenters. The zero-order valence-corrected chi connectivity index (χ0v) is 18.7. The molecular formula is C20H32N10O2. The summed E-state index contributed by atoms with van der Waals surface area (Å²) < 4.78 is 10.8. The van der Waals surface area contributed by atoms with E-state index in [4.69, 9.17) is 37.2 Å². The van der Waals surface area contributed by atoms with E-state index in [2.05, 4.69) is 15.0 Å². The third-order valence-electron chi connectivity index (χ3n) is 4.74. The smallest absolute Gasteiger partial charge is 0.220 e. The third kappa shape index (κ3) is 7.70. The van der Waals surface area contributed by atoms with Gasteiger partial charge in [0.1, 0.15) is 18.1 Å². The van der Waals surface area contributed by atoms with E-state index >= 15 is 0 Å². The molecule has 174 valence electrons. The molecule has 0 fully saturated rings. The van der Waals surface area contributed by atoms with Gasteiger partial charge in [0, 0.05) is 27.2 Å². The van der Waals surface area contributed by atoms with Crippen LogP contribution >= 0.6 is 0 Å². The van der Waals surface area contributed by atoms with Crippen LogP contribution in [0.25, 0.3) is 0 Å². The number of guanidine groups is 4. The molecule has 0 aliphatic heterocycles. The summed E-state index contributed by atoms with van der Waals surface area (Å²) in [5.41, 5.74) is 24.6. The predicted molar refractivity (Wildman–Crippen MR) is 125 cm³/mol. The number of furan rings is 2. The molecule has 0 amide bonds. The SMILES string of the molecule is Cc1occc1CCN(C)C(N)=NC(N)=NCc1cc(CCN(C)C(=N)N=C(N)N)co1. The molecule has 0 aliphatic rings. The van der Waals surface area contributed by atoms with Gasteiger partial charge in [0.2, 0.25) is 11.9 Å². The molecule has 0 radical (unpaired) electrons. The Balaban J connectivity index is 1.83. The molecule has 2 aromatic heterocycles. The first-order valence-corrected chi connectivity index (χ1v) is 9.99. The highest BCUT2D eigenvalue weighted by Gasteiger charge is 2.08. The second kappa shape index (κ2) is 11.4. The van der Waals surface area contributed by atoms with Crippen molar-refractivity contribution in [2.45, 2.75) is 26.3 Å². The van der Waals surface area contributed by atoms with Crippen LogP contribution < -0.4 is 22.9 Å². The van der Waals surface area contributed by atoms with Crippen molar-refractivity contribution < 1.29 is 8.83 Å². The zero-order chi connectivity index (χ0) is 23.7. The summed E-state index contributed by atoms with van der Waals surface area (Å²) in [5.74, 6) is 1.72. The number of rotatable bonds is 8. The molecule has 2 rings (SSSR count). The number of likely N-dealkylation sites (N-methyl/N-ethyl adjacent to an activating group) is 2. The number of aryl methyl sites for hydroxylation is 1. The summed E-state index contributed by atoms with van der Waals surface area (Å²) >= 11 is 0. The van der Waals surface area contributed by atoms with Gasteiger partial charge in [0.05, 0.1) is 12.5 Å². The Hall–Kier alpha value is -3.96. The van der Waals surface area contributed by atoms with Crippen molar-refractivity contribution >= 4 is 23.8 Å². The van der Waals surface area contributed by atoms with Crippen LogP contribution in [-0.4, -0.2) is 60.8 Å². The Morgan fingerprint density at radius 2 is 1.75 bits per heavy atom. The van der Waals surface area contributed by atoms with E-state index in [0.717, 1.165) is 23.3 Å². The third-order valence-corrected chi connectivity index (χ3v) is 4.74. The molecule has 2 aromatic rings. The predicted octanol–water partition coefficient (Wildman–Crippen LogP) is 0.167. The van der Waals surface area contributed by atoms with E-state index in [1.54, 1.807) is 29.4 Å². The number of nitrogens with zero attached hydrogens (tertiary/aromatic N) is 5. The average molecular weight is 445 g/mol. The van der Waals surface area contributed by atoms with E-state index in [1.807, 2.05) is 26.1 Å². The van der Waals surface area contributed by atoms with Crippen LogP contribution in [-0.2, 0) is 19.4 Å². The Kier molecular flexibility index (Phi) is 8.69. The van der Waals surface area contributed by atoms with Gasteiger partial charge in [0.15, 0.2) is 11.9 Å². The van der Waals surface area contributed by atoms with Gasteiger partial charge >= 0.3 is 0 Å². The molecular weight excluding hydrogens is 412 g/mol. The Labute approximate surface area is 187 Å². The molecule has 0 aromatic carbocycles. The summed E-state index contributed by atoms with van der Waals surface area (Å²) in [6.45, 7) is 3.37. The average Bonchev–Trinajstić information content (AvgIpc) is 3.36. The van der Waals surface area contributed by atoms with Crippen molar-refractivity contribution in [3.05, 3.63) is 47.3 Å². The summed E-state index contributed by atoms with van der Waals surface area (Å²) in [6, 6.07) is 3.82. The van der Waals surface area contributed by atoms with Gasteiger partial charge < -0.3 is 41.6 Å². The fourth-order valence-corrected chi connectivity index (χ4v) is 2.72. The minimum absolute atomic E-state index is 0.00795. The Morgan fingerprint density at radius 3 is 2.41 bits per heavy atom.